The number of hydrogen-bond acceptors (Lipinski definition) is 2. The lowest BCUT2D eigenvalue weighted by molar-refractivity contribution is -0.137. The van der Waals surface area contributed by atoms with Crippen molar-refractivity contribution in [1.29, 1.82) is 0 Å². The standard InChI is InChI=1S/C16H22F3NO/c1-2-3-4-15(12-9-10-20-11-12)21-14-7-5-13(6-8-14)16(17,18)19/h5-8,12,15,20H,2-4,9-11H2,1H3/t12-,15+/m0/s1. The van der Waals surface area contributed by atoms with E-state index in [9.17, 15) is 13.2 Å². The lowest BCUT2D eigenvalue weighted by Gasteiger charge is -2.24. The molecule has 0 bridgehead atoms. The maximum atomic E-state index is 12.5. The lowest BCUT2D eigenvalue weighted by Crippen LogP contribution is -2.28. The SMILES string of the molecule is CCCC[C@@H](Oc1ccc(C(F)(F)F)cc1)[C@H]1CCNC1. The van der Waals surface area contributed by atoms with Crippen molar-refractivity contribution in [2.45, 2.75) is 44.9 Å². The zero-order valence-electron chi connectivity index (χ0n) is 12.2. The van der Waals surface area contributed by atoms with E-state index in [1.807, 2.05) is 0 Å². The number of unbranched alkanes of at least 4 members (excludes halogenated alkanes) is 1. The molecule has 5 heteroatoms. The van der Waals surface area contributed by atoms with Crippen LogP contribution in [0.5, 0.6) is 5.75 Å². The summed E-state index contributed by atoms with van der Waals surface area (Å²) in [5.41, 5.74) is -0.637. The van der Waals surface area contributed by atoms with Crippen LogP contribution in [-0.4, -0.2) is 19.2 Å². The fourth-order valence-electron chi connectivity index (χ4n) is 2.69. The first-order valence-corrected chi connectivity index (χ1v) is 7.55. The first kappa shape index (κ1) is 16.1. The average molecular weight is 301 g/mol. The topological polar surface area (TPSA) is 21.3 Å². The summed E-state index contributed by atoms with van der Waals surface area (Å²) in [7, 11) is 0. The first-order valence-electron chi connectivity index (χ1n) is 7.55. The van der Waals surface area contributed by atoms with Crippen molar-refractivity contribution in [2.24, 2.45) is 5.92 Å². The third-order valence-electron chi connectivity index (χ3n) is 3.94. The van der Waals surface area contributed by atoms with Crippen LogP contribution in [0.15, 0.2) is 24.3 Å². The minimum absolute atomic E-state index is 0.0803. The molecule has 0 aromatic heterocycles. The Kier molecular flexibility index (Phi) is 5.51. The molecule has 21 heavy (non-hydrogen) atoms. The van der Waals surface area contributed by atoms with Gasteiger partial charge in [0.05, 0.1) is 5.56 Å². The van der Waals surface area contributed by atoms with Crippen molar-refractivity contribution >= 4 is 0 Å². The minimum Gasteiger partial charge on any atom is -0.490 e. The Hall–Kier alpha value is -1.23. The minimum atomic E-state index is -4.30. The highest BCUT2D eigenvalue weighted by molar-refractivity contribution is 5.29. The number of alkyl halides is 3. The van der Waals surface area contributed by atoms with Gasteiger partial charge in [0, 0.05) is 12.5 Å². The van der Waals surface area contributed by atoms with Crippen LogP contribution < -0.4 is 10.1 Å². The van der Waals surface area contributed by atoms with Crippen molar-refractivity contribution in [3.8, 4) is 5.75 Å². The van der Waals surface area contributed by atoms with Crippen molar-refractivity contribution < 1.29 is 17.9 Å². The van der Waals surface area contributed by atoms with Crippen molar-refractivity contribution in [1.82, 2.24) is 5.32 Å². The molecule has 0 saturated carbocycles. The van der Waals surface area contributed by atoms with E-state index in [-0.39, 0.29) is 6.10 Å². The largest absolute Gasteiger partial charge is 0.490 e. The van der Waals surface area contributed by atoms with Crippen LogP contribution >= 0.6 is 0 Å². The molecule has 2 nitrogen and oxygen atoms in total. The van der Waals surface area contributed by atoms with Crippen LogP contribution in [0.4, 0.5) is 13.2 Å². The molecule has 1 saturated heterocycles. The van der Waals surface area contributed by atoms with Gasteiger partial charge in [-0.15, -0.1) is 0 Å². The average Bonchev–Trinajstić information content (AvgIpc) is 2.97. The van der Waals surface area contributed by atoms with Gasteiger partial charge in [0.15, 0.2) is 0 Å². The summed E-state index contributed by atoms with van der Waals surface area (Å²) in [5.74, 6) is 0.967. The summed E-state index contributed by atoms with van der Waals surface area (Å²) >= 11 is 0. The van der Waals surface area contributed by atoms with Crippen LogP contribution in [0.1, 0.15) is 38.2 Å². The second kappa shape index (κ2) is 7.16. The van der Waals surface area contributed by atoms with Gasteiger partial charge in [-0.05, 0) is 43.7 Å². The summed E-state index contributed by atoms with van der Waals surface area (Å²) in [4.78, 5) is 0. The second-order valence-corrected chi connectivity index (χ2v) is 5.57. The monoisotopic (exact) mass is 301 g/mol. The van der Waals surface area contributed by atoms with Crippen LogP contribution in [0, 0.1) is 5.92 Å². The zero-order valence-corrected chi connectivity index (χ0v) is 12.2. The fraction of sp³-hybridized carbons (Fsp3) is 0.625. The van der Waals surface area contributed by atoms with Crippen molar-refractivity contribution in [2.75, 3.05) is 13.1 Å². The highest BCUT2D eigenvalue weighted by atomic mass is 19.4. The van der Waals surface area contributed by atoms with Crippen molar-refractivity contribution in [3.63, 3.8) is 0 Å². The Morgan fingerprint density at radius 1 is 1.29 bits per heavy atom. The first-order chi connectivity index (χ1) is 10.0. The highest BCUT2D eigenvalue weighted by Gasteiger charge is 2.30. The smallest absolute Gasteiger partial charge is 0.416 e. The third kappa shape index (κ3) is 4.63. The summed E-state index contributed by atoms with van der Waals surface area (Å²) in [5, 5.41) is 3.32. The van der Waals surface area contributed by atoms with Gasteiger partial charge in [-0.1, -0.05) is 19.8 Å². The second-order valence-electron chi connectivity index (χ2n) is 5.57. The van der Waals surface area contributed by atoms with Gasteiger partial charge in [0.2, 0.25) is 0 Å². The van der Waals surface area contributed by atoms with Crippen LogP contribution in [0.3, 0.4) is 0 Å². The molecule has 0 unspecified atom stereocenters. The molecule has 0 spiro atoms. The molecule has 0 amide bonds. The Labute approximate surface area is 123 Å². The van der Waals surface area contributed by atoms with Gasteiger partial charge in [0.1, 0.15) is 11.9 Å². The van der Waals surface area contributed by atoms with Gasteiger partial charge in [-0.25, -0.2) is 0 Å². The number of hydrogen-bond donors (Lipinski definition) is 1. The quantitative estimate of drug-likeness (QED) is 0.848. The van der Waals surface area contributed by atoms with Gasteiger partial charge >= 0.3 is 6.18 Å². The van der Waals surface area contributed by atoms with E-state index in [1.165, 1.54) is 12.1 Å². The molecule has 2 atom stereocenters. The molecule has 2 rings (SSSR count). The van der Waals surface area contributed by atoms with Gasteiger partial charge in [-0.2, -0.15) is 13.2 Å². The molecule has 1 N–H and O–H groups in total. The Morgan fingerprint density at radius 2 is 2.00 bits per heavy atom. The summed E-state index contributed by atoms with van der Waals surface area (Å²) in [6.07, 6.45) is -0.0415. The van der Waals surface area contributed by atoms with E-state index in [4.69, 9.17) is 4.74 Å². The number of benzene rings is 1. The molecule has 0 radical (unpaired) electrons. The van der Waals surface area contributed by atoms with Gasteiger partial charge in [0.25, 0.3) is 0 Å². The molecule has 1 aliphatic rings. The van der Waals surface area contributed by atoms with Gasteiger partial charge in [-0.3, -0.25) is 0 Å². The maximum absolute atomic E-state index is 12.5. The third-order valence-corrected chi connectivity index (χ3v) is 3.94. The fourth-order valence-corrected chi connectivity index (χ4v) is 2.69. The summed E-state index contributed by atoms with van der Waals surface area (Å²) < 4.78 is 43.6. The molecule has 0 aliphatic carbocycles. The predicted octanol–water partition coefficient (Wildman–Crippen LogP) is 4.25. The van der Waals surface area contributed by atoms with Gasteiger partial charge < -0.3 is 10.1 Å². The molecule has 1 heterocycles. The number of nitrogens with one attached hydrogen (secondary N) is 1. The number of rotatable bonds is 6. The Balaban J connectivity index is 2.01. The Bertz CT molecular complexity index is 424. The van der Waals surface area contributed by atoms with Crippen LogP contribution in [-0.2, 0) is 6.18 Å². The molecular weight excluding hydrogens is 279 g/mol. The van der Waals surface area contributed by atoms with E-state index < -0.39 is 11.7 Å². The van der Waals surface area contributed by atoms with E-state index in [0.717, 1.165) is 50.9 Å². The molecule has 1 aliphatic heterocycles. The molecule has 1 fully saturated rings. The van der Waals surface area contributed by atoms with E-state index >= 15 is 0 Å². The molecule has 1 aromatic rings. The van der Waals surface area contributed by atoms with Crippen LogP contribution in [0.2, 0.25) is 0 Å². The summed E-state index contributed by atoms with van der Waals surface area (Å²) in [6.45, 7) is 4.04. The number of halogens is 3. The number of ether oxygens (including phenoxy) is 1. The summed E-state index contributed by atoms with van der Waals surface area (Å²) in [6, 6.07) is 5.01. The van der Waals surface area contributed by atoms with E-state index in [2.05, 4.69) is 12.2 Å². The van der Waals surface area contributed by atoms with E-state index in [1.54, 1.807) is 0 Å². The van der Waals surface area contributed by atoms with Crippen molar-refractivity contribution in [3.05, 3.63) is 29.8 Å². The highest BCUT2D eigenvalue weighted by Crippen LogP contribution is 2.31. The molecule has 118 valence electrons. The predicted molar refractivity (Wildman–Crippen MR) is 76.4 cm³/mol. The lowest BCUT2D eigenvalue weighted by atomic mass is 9.97. The van der Waals surface area contributed by atoms with Crippen LogP contribution in [0.25, 0.3) is 0 Å². The normalized spacial score (nSPS) is 20.5. The molecular formula is C16H22F3NO. The zero-order chi connectivity index (χ0) is 15.3. The van der Waals surface area contributed by atoms with E-state index in [0.29, 0.717) is 11.7 Å². The molecule has 1 aromatic carbocycles. The maximum Gasteiger partial charge on any atom is 0.416 e. The Morgan fingerprint density at radius 3 is 2.52 bits per heavy atom.